The van der Waals surface area contributed by atoms with Gasteiger partial charge in [-0.1, -0.05) is 30.0 Å². The lowest BCUT2D eigenvalue weighted by molar-refractivity contribution is -0.139. The van der Waals surface area contributed by atoms with E-state index >= 15 is 0 Å². The molecule has 25 heavy (non-hydrogen) atoms. The molecule has 128 valence electrons. The van der Waals surface area contributed by atoms with Crippen molar-refractivity contribution in [3.8, 4) is 17.1 Å². The van der Waals surface area contributed by atoms with Crippen LogP contribution in [0.15, 0.2) is 59.8 Å². The maximum absolute atomic E-state index is 13.2. The summed E-state index contributed by atoms with van der Waals surface area (Å²) in [7, 11) is 1.35. The van der Waals surface area contributed by atoms with E-state index in [1.54, 1.807) is 19.1 Å². The Labute approximate surface area is 148 Å². The third kappa shape index (κ3) is 3.71. The number of benzene rings is 2. The molecule has 0 spiro atoms. The Morgan fingerprint density at radius 3 is 2.44 bits per heavy atom. The summed E-state index contributed by atoms with van der Waals surface area (Å²) in [5.41, 5.74) is 1.58. The first kappa shape index (κ1) is 17.2. The number of hydrogen-bond acceptors (Lipinski definition) is 5. The summed E-state index contributed by atoms with van der Waals surface area (Å²) in [5.74, 6) is -0.0786. The smallest absolute Gasteiger partial charge is 0.318 e. The van der Waals surface area contributed by atoms with Crippen LogP contribution in [0.5, 0.6) is 0 Å². The van der Waals surface area contributed by atoms with Gasteiger partial charge in [0.25, 0.3) is 0 Å². The van der Waals surface area contributed by atoms with Gasteiger partial charge in [-0.3, -0.25) is 9.36 Å². The van der Waals surface area contributed by atoms with Crippen LogP contribution in [0.1, 0.15) is 6.92 Å². The highest BCUT2D eigenvalue weighted by atomic mass is 32.2. The van der Waals surface area contributed by atoms with Crippen molar-refractivity contribution >= 4 is 17.7 Å². The quantitative estimate of drug-likeness (QED) is 0.514. The van der Waals surface area contributed by atoms with Crippen molar-refractivity contribution in [1.29, 1.82) is 0 Å². The number of rotatable bonds is 5. The molecule has 0 aliphatic heterocycles. The zero-order valence-electron chi connectivity index (χ0n) is 13.7. The van der Waals surface area contributed by atoms with Gasteiger partial charge in [-0.15, -0.1) is 10.2 Å². The van der Waals surface area contributed by atoms with Crippen molar-refractivity contribution in [2.24, 2.45) is 0 Å². The first-order valence-electron chi connectivity index (χ1n) is 7.61. The maximum Gasteiger partial charge on any atom is 0.318 e. The highest BCUT2D eigenvalue weighted by Gasteiger charge is 2.22. The zero-order valence-corrected chi connectivity index (χ0v) is 14.5. The van der Waals surface area contributed by atoms with E-state index in [1.165, 1.54) is 31.0 Å². The fourth-order valence-corrected chi connectivity index (χ4v) is 3.21. The predicted molar refractivity (Wildman–Crippen MR) is 94.1 cm³/mol. The molecule has 2 aromatic carbocycles. The van der Waals surface area contributed by atoms with Crippen molar-refractivity contribution in [2.75, 3.05) is 7.11 Å². The monoisotopic (exact) mass is 357 g/mol. The van der Waals surface area contributed by atoms with Gasteiger partial charge in [0.15, 0.2) is 11.0 Å². The van der Waals surface area contributed by atoms with E-state index in [2.05, 4.69) is 10.2 Å². The molecule has 5 nitrogen and oxygen atoms in total. The van der Waals surface area contributed by atoms with Gasteiger partial charge in [-0.25, -0.2) is 4.39 Å². The highest BCUT2D eigenvalue weighted by Crippen LogP contribution is 2.30. The zero-order chi connectivity index (χ0) is 17.8. The van der Waals surface area contributed by atoms with Gasteiger partial charge in [0.1, 0.15) is 11.1 Å². The number of nitrogens with zero attached hydrogens (tertiary/aromatic N) is 3. The van der Waals surface area contributed by atoms with Gasteiger partial charge in [0.05, 0.1) is 7.11 Å². The summed E-state index contributed by atoms with van der Waals surface area (Å²) in [6.45, 7) is 1.75. The minimum absolute atomic E-state index is 0.316. The first-order valence-corrected chi connectivity index (χ1v) is 8.49. The SMILES string of the molecule is COC(=O)C(C)Sc1nnc(-c2ccc(F)cc2)n1-c1ccccc1. The van der Waals surface area contributed by atoms with E-state index in [9.17, 15) is 9.18 Å². The molecule has 0 aliphatic rings. The van der Waals surface area contributed by atoms with Crippen molar-refractivity contribution < 1.29 is 13.9 Å². The summed E-state index contributed by atoms with van der Waals surface area (Å²) in [5, 5.41) is 8.60. The van der Waals surface area contributed by atoms with Crippen LogP contribution >= 0.6 is 11.8 Å². The molecule has 0 saturated carbocycles. The van der Waals surface area contributed by atoms with E-state index < -0.39 is 5.25 Å². The summed E-state index contributed by atoms with van der Waals surface area (Å²) in [6, 6.07) is 15.6. The fraction of sp³-hybridized carbons (Fsp3) is 0.167. The standard InChI is InChI=1S/C18H16FN3O2S/c1-12(17(23)24-2)25-18-21-20-16(13-8-10-14(19)11-9-13)22(18)15-6-4-3-5-7-15/h3-12H,1-2H3. The van der Waals surface area contributed by atoms with Crippen LogP contribution in [0, 0.1) is 5.82 Å². The Morgan fingerprint density at radius 2 is 1.80 bits per heavy atom. The van der Waals surface area contributed by atoms with Gasteiger partial charge in [-0.05, 0) is 43.3 Å². The molecule has 1 atom stereocenters. The molecular formula is C18H16FN3O2S. The number of para-hydroxylation sites is 1. The molecule has 0 aliphatic carbocycles. The number of halogens is 1. The average Bonchev–Trinajstić information content (AvgIpc) is 3.05. The Balaban J connectivity index is 2.07. The summed E-state index contributed by atoms with van der Waals surface area (Å²) < 4.78 is 19.9. The van der Waals surface area contributed by atoms with E-state index in [4.69, 9.17) is 4.74 Å². The molecule has 3 rings (SSSR count). The molecule has 0 amide bonds. The molecule has 1 aromatic heterocycles. The van der Waals surface area contributed by atoms with Crippen LogP contribution in [0.2, 0.25) is 0 Å². The topological polar surface area (TPSA) is 57.0 Å². The molecular weight excluding hydrogens is 341 g/mol. The summed E-state index contributed by atoms with van der Waals surface area (Å²) in [6.07, 6.45) is 0. The van der Waals surface area contributed by atoms with Crippen LogP contribution < -0.4 is 0 Å². The van der Waals surface area contributed by atoms with Crippen LogP contribution in [0.25, 0.3) is 17.1 Å². The second-order valence-electron chi connectivity index (χ2n) is 5.27. The lowest BCUT2D eigenvalue weighted by atomic mass is 10.2. The molecule has 0 N–H and O–H groups in total. The van der Waals surface area contributed by atoms with Gasteiger partial charge >= 0.3 is 5.97 Å². The largest absolute Gasteiger partial charge is 0.468 e. The third-order valence-electron chi connectivity index (χ3n) is 3.57. The van der Waals surface area contributed by atoms with Crippen LogP contribution in [0.4, 0.5) is 4.39 Å². The lowest BCUT2D eigenvalue weighted by Crippen LogP contribution is -2.15. The minimum Gasteiger partial charge on any atom is -0.468 e. The van der Waals surface area contributed by atoms with Crippen LogP contribution in [-0.4, -0.2) is 33.1 Å². The van der Waals surface area contributed by atoms with Crippen molar-refractivity contribution in [3.63, 3.8) is 0 Å². The molecule has 1 heterocycles. The number of aromatic nitrogens is 3. The molecule has 0 fully saturated rings. The van der Waals surface area contributed by atoms with Crippen molar-refractivity contribution in [3.05, 3.63) is 60.4 Å². The first-order chi connectivity index (χ1) is 12.1. The number of thioether (sulfide) groups is 1. The molecule has 0 bridgehead atoms. The fourth-order valence-electron chi connectivity index (χ4n) is 2.31. The van der Waals surface area contributed by atoms with E-state index in [-0.39, 0.29) is 11.8 Å². The average molecular weight is 357 g/mol. The Hall–Kier alpha value is -2.67. The number of carbonyl (C=O) groups is 1. The van der Waals surface area contributed by atoms with E-state index in [0.717, 1.165) is 11.3 Å². The Kier molecular flexibility index (Phi) is 5.14. The van der Waals surface area contributed by atoms with Crippen molar-refractivity contribution in [1.82, 2.24) is 14.8 Å². The number of hydrogen-bond donors (Lipinski definition) is 0. The van der Waals surface area contributed by atoms with Crippen molar-refractivity contribution in [2.45, 2.75) is 17.3 Å². The van der Waals surface area contributed by atoms with Gasteiger partial charge in [-0.2, -0.15) is 0 Å². The van der Waals surface area contributed by atoms with Gasteiger partial charge in [0, 0.05) is 11.3 Å². The number of methoxy groups -OCH3 is 1. The highest BCUT2D eigenvalue weighted by molar-refractivity contribution is 8.00. The van der Waals surface area contributed by atoms with Gasteiger partial charge in [0.2, 0.25) is 0 Å². The summed E-state index contributed by atoms with van der Waals surface area (Å²) in [4.78, 5) is 11.7. The molecule has 0 saturated heterocycles. The molecule has 1 unspecified atom stereocenters. The Morgan fingerprint density at radius 1 is 1.12 bits per heavy atom. The second kappa shape index (κ2) is 7.48. The number of ether oxygens (including phenoxy) is 1. The van der Waals surface area contributed by atoms with E-state index in [0.29, 0.717) is 11.0 Å². The summed E-state index contributed by atoms with van der Waals surface area (Å²) >= 11 is 1.26. The second-order valence-corrected chi connectivity index (χ2v) is 6.58. The molecule has 3 aromatic rings. The Bertz CT molecular complexity index is 866. The lowest BCUT2D eigenvalue weighted by Gasteiger charge is -2.12. The molecule has 7 heteroatoms. The minimum atomic E-state index is -0.433. The number of carbonyl (C=O) groups excluding carboxylic acids is 1. The van der Waals surface area contributed by atoms with Gasteiger partial charge < -0.3 is 4.74 Å². The van der Waals surface area contributed by atoms with Crippen LogP contribution in [-0.2, 0) is 9.53 Å². The third-order valence-corrected chi connectivity index (χ3v) is 4.59. The number of esters is 1. The normalized spacial score (nSPS) is 12.0. The predicted octanol–water partition coefficient (Wildman–Crippen LogP) is 3.73. The van der Waals surface area contributed by atoms with Crippen LogP contribution in [0.3, 0.4) is 0 Å². The van der Waals surface area contributed by atoms with E-state index in [1.807, 2.05) is 34.9 Å². The maximum atomic E-state index is 13.2. The molecule has 0 radical (unpaired) electrons.